The summed E-state index contributed by atoms with van der Waals surface area (Å²) in [5, 5.41) is -0.142. The highest BCUT2D eigenvalue weighted by Gasteiger charge is 2.56. The Hall–Kier alpha value is 0.748. The molecule has 0 aromatic rings. The Labute approximate surface area is 207 Å². The van der Waals surface area contributed by atoms with Crippen molar-refractivity contribution in [2.45, 2.75) is 161 Å². The van der Waals surface area contributed by atoms with Crippen LogP contribution in [-0.4, -0.2) is 49.8 Å². The zero-order chi connectivity index (χ0) is 26.0. The zero-order valence-corrected chi connectivity index (χ0v) is 29.3. The molecule has 0 aromatic carbocycles. The van der Waals surface area contributed by atoms with E-state index in [9.17, 15) is 0 Å². The Kier molecular flexibility index (Phi) is 11.0. The van der Waals surface area contributed by atoms with Crippen molar-refractivity contribution in [3.05, 3.63) is 0 Å². The van der Waals surface area contributed by atoms with Gasteiger partial charge >= 0.3 is 0 Å². The molecule has 0 aliphatic rings. The topological polar surface area (TPSA) is 27.7 Å². The molecule has 0 saturated carbocycles. The second kappa shape index (κ2) is 10.8. The van der Waals surface area contributed by atoms with Crippen LogP contribution in [0, 0.1) is 0 Å². The molecule has 0 fully saturated rings. The van der Waals surface area contributed by atoms with Gasteiger partial charge < -0.3 is 13.3 Å². The molecule has 32 heavy (non-hydrogen) atoms. The van der Waals surface area contributed by atoms with Gasteiger partial charge in [-0.25, -0.2) is 0 Å². The van der Waals surface area contributed by atoms with Gasteiger partial charge in [0, 0.05) is 10.3 Å². The van der Waals surface area contributed by atoms with E-state index in [4.69, 9.17) is 13.3 Å². The van der Waals surface area contributed by atoms with Crippen LogP contribution in [-0.2, 0) is 13.3 Å². The average Bonchev–Trinajstić information content (AvgIpc) is 2.61. The van der Waals surface area contributed by atoms with E-state index < -0.39 is 33.7 Å². The molecular formula is C25H60O3Si4. The lowest BCUT2D eigenvalue weighted by molar-refractivity contribution is -0.00642. The highest BCUT2D eigenvalue weighted by molar-refractivity contribution is 6.79. The molecule has 3 nitrogen and oxygen atoms in total. The van der Waals surface area contributed by atoms with E-state index in [1.54, 1.807) is 0 Å². The van der Waals surface area contributed by atoms with Gasteiger partial charge in [-0.15, -0.1) is 0 Å². The zero-order valence-electron chi connectivity index (χ0n) is 25.1. The molecule has 7 heteroatoms. The van der Waals surface area contributed by atoms with Crippen LogP contribution in [0.1, 0.15) is 81.1 Å². The third kappa shape index (κ3) is 6.91. The van der Waals surface area contributed by atoms with Crippen LogP contribution >= 0.6 is 0 Å². The van der Waals surface area contributed by atoms with Crippen molar-refractivity contribution in [2.75, 3.05) is 0 Å². The lowest BCUT2D eigenvalue weighted by Crippen LogP contribution is -2.65. The summed E-state index contributed by atoms with van der Waals surface area (Å²) < 4.78 is 21.3. The Balaban J connectivity index is 6.26. The standard InChI is InChI=1S/C25H60O3Si4/c1-18-23(7,28-32(16,17)22(5,6)27-31(13,14)15)24(8,19-2)29(9)26-25(20-3,21-4)30(10,11)12/h29H,18-21H2,1-17H3. The molecule has 0 N–H and O–H groups in total. The maximum Gasteiger partial charge on any atom is 0.216 e. The van der Waals surface area contributed by atoms with Gasteiger partial charge in [-0.05, 0) is 85.7 Å². The molecule has 0 aliphatic carbocycles. The van der Waals surface area contributed by atoms with E-state index in [0.29, 0.717) is 0 Å². The predicted octanol–water partition coefficient (Wildman–Crippen LogP) is 8.52. The highest BCUT2D eigenvalue weighted by Crippen LogP contribution is 2.53. The predicted molar refractivity (Wildman–Crippen MR) is 155 cm³/mol. The van der Waals surface area contributed by atoms with Crippen LogP contribution in [0.15, 0.2) is 0 Å². The smallest absolute Gasteiger partial charge is 0.216 e. The summed E-state index contributed by atoms with van der Waals surface area (Å²) >= 11 is 0. The molecule has 0 radical (unpaired) electrons. The first-order valence-electron chi connectivity index (χ1n) is 13.1. The lowest BCUT2D eigenvalue weighted by atomic mass is 9.85. The first-order valence-corrected chi connectivity index (χ1v) is 25.1. The van der Waals surface area contributed by atoms with Gasteiger partial charge in [-0.3, -0.25) is 0 Å². The molecule has 0 saturated heterocycles. The Morgan fingerprint density at radius 1 is 0.656 bits per heavy atom. The monoisotopic (exact) mass is 520 g/mol. The van der Waals surface area contributed by atoms with Crippen molar-refractivity contribution < 1.29 is 13.3 Å². The lowest BCUT2D eigenvalue weighted by Gasteiger charge is -2.56. The minimum atomic E-state index is -2.19. The van der Waals surface area contributed by atoms with E-state index >= 15 is 0 Å². The first kappa shape index (κ1) is 32.7. The van der Waals surface area contributed by atoms with Gasteiger partial charge in [0.05, 0.1) is 18.9 Å². The molecule has 0 spiro atoms. The molecule has 0 rings (SSSR count). The number of hydrogen-bond donors (Lipinski definition) is 0. The van der Waals surface area contributed by atoms with Gasteiger partial charge in [0.25, 0.3) is 0 Å². The van der Waals surface area contributed by atoms with Gasteiger partial charge in [0.2, 0.25) is 8.32 Å². The molecular weight excluding hydrogens is 461 g/mol. The van der Waals surface area contributed by atoms with E-state index in [0.717, 1.165) is 25.7 Å². The fourth-order valence-corrected chi connectivity index (χ4v) is 17.7. The van der Waals surface area contributed by atoms with Crippen molar-refractivity contribution in [1.29, 1.82) is 0 Å². The maximum atomic E-state index is 7.33. The summed E-state index contributed by atoms with van der Waals surface area (Å²) in [7, 11) is -7.00. The Morgan fingerprint density at radius 3 is 1.38 bits per heavy atom. The van der Waals surface area contributed by atoms with E-state index in [1.165, 1.54) is 0 Å². The Morgan fingerprint density at radius 2 is 1.09 bits per heavy atom. The fourth-order valence-electron chi connectivity index (χ4n) is 5.38. The van der Waals surface area contributed by atoms with Crippen molar-refractivity contribution in [2.24, 2.45) is 0 Å². The molecule has 3 atom stereocenters. The molecule has 0 aromatic heterocycles. The average molecular weight is 521 g/mol. The van der Waals surface area contributed by atoms with Gasteiger partial charge in [-0.2, -0.15) is 0 Å². The third-order valence-electron chi connectivity index (χ3n) is 8.92. The minimum absolute atomic E-state index is 0.0382. The SMILES string of the molecule is CCC(C)(O[Si](C)(C)C(C)(C)O[Si](C)(C)C)C(C)(CC)[SiH](C)OC(CC)(CC)[Si](C)(C)C. The van der Waals surface area contributed by atoms with Crippen LogP contribution < -0.4 is 0 Å². The maximum absolute atomic E-state index is 7.33. The minimum Gasteiger partial charge on any atom is -0.417 e. The Bertz CT molecular complexity index is 591. The number of hydrogen-bond acceptors (Lipinski definition) is 3. The van der Waals surface area contributed by atoms with E-state index in [-0.39, 0.29) is 21.1 Å². The molecule has 194 valence electrons. The third-order valence-corrected chi connectivity index (χ3v) is 21.6. The van der Waals surface area contributed by atoms with Crippen molar-refractivity contribution in [3.63, 3.8) is 0 Å². The van der Waals surface area contributed by atoms with Gasteiger partial charge in [0.1, 0.15) is 0 Å². The largest absolute Gasteiger partial charge is 0.417 e. The second-order valence-corrected chi connectivity index (χ2v) is 30.5. The molecule has 0 amide bonds. The summed E-state index contributed by atoms with van der Waals surface area (Å²) in [6, 6.07) is 0. The fraction of sp³-hybridized carbons (Fsp3) is 1.00. The van der Waals surface area contributed by atoms with Crippen LogP contribution in [0.5, 0.6) is 0 Å². The van der Waals surface area contributed by atoms with Crippen molar-refractivity contribution in [1.82, 2.24) is 0 Å². The summed E-state index contributed by atoms with van der Waals surface area (Å²) in [4.78, 5) is 0. The summed E-state index contributed by atoms with van der Waals surface area (Å²) in [6.45, 7) is 40.1. The van der Waals surface area contributed by atoms with E-state index in [2.05, 4.69) is 114 Å². The molecule has 0 aliphatic heterocycles. The van der Waals surface area contributed by atoms with E-state index in [1.807, 2.05) is 0 Å². The number of rotatable bonds is 14. The van der Waals surface area contributed by atoms with Crippen LogP contribution in [0.2, 0.25) is 64.0 Å². The quantitative estimate of drug-likeness (QED) is 0.215. The molecule has 0 bridgehead atoms. The summed E-state index contributed by atoms with van der Waals surface area (Å²) in [6.07, 6.45) is 4.30. The second-order valence-electron chi connectivity index (χ2n) is 13.4. The van der Waals surface area contributed by atoms with Crippen LogP contribution in [0.25, 0.3) is 0 Å². The van der Waals surface area contributed by atoms with Gasteiger partial charge in [0.15, 0.2) is 17.4 Å². The van der Waals surface area contributed by atoms with Crippen LogP contribution in [0.3, 0.4) is 0 Å². The first-order chi connectivity index (χ1) is 14.0. The van der Waals surface area contributed by atoms with Crippen molar-refractivity contribution >= 4 is 33.7 Å². The van der Waals surface area contributed by atoms with Gasteiger partial charge in [-0.1, -0.05) is 54.3 Å². The van der Waals surface area contributed by atoms with Crippen molar-refractivity contribution in [3.8, 4) is 0 Å². The highest BCUT2D eigenvalue weighted by atomic mass is 28.4. The van der Waals surface area contributed by atoms with Crippen LogP contribution in [0.4, 0.5) is 0 Å². The molecule has 0 heterocycles. The summed E-state index contributed by atoms with van der Waals surface area (Å²) in [5.41, 5.74) is -0.226. The molecule has 3 unspecified atom stereocenters. The normalized spacial score (nSPS) is 19.4. The summed E-state index contributed by atoms with van der Waals surface area (Å²) in [5.74, 6) is 0.